The first kappa shape index (κ1) is 18.0. The number of aryl methyl sites for hydroxylation is 1. The Morgan fingerprint density at radius 3 is 2.32 bits per heavy atom. The van der Waals surface area contributed by atoms with Crippen molar-refractivity contribution in [3.05, 3.63) is 35.9 Å². The molecule has 0 saturated carbocycles. The highest BCUT2D eigenvalue weighted by Crippen LogP contribution is 2.08. The first-order valence-electron chi connectivity index (χ1n) is 7.77. The fourth-order valence-corrected chi connectivity index (χ4v) is 2.19. The van der Waals surface area contributed by atoms with Gasteiger partial charge in [0.25, 0.3) is 0 Å². The minimum Gasteiger partial charge on any atom is -0.480 e. The minimum absolute atomic E-state index is 0.0217. The average molecular weight is 306 g/mol. The van der Waals surface area contributed by atoms with Crippen molar-refractivity contribution in [2.24, 2.45) is 5.92 Å². The van der Waals surface area contributed by atoms with E-state index in [0.29, 0.717) is 6.42 Å². The largest absolute Gasteiger partial charge is 0.480 e. The van der Waals surface area contributed by atoms with Crippen molar-refractivity contribution in [1.29, 1.82) is 0 Å². The van der Waals surface area contributed by atoms with E-state index < -0.39 is 18.0 Å². The fourth-order valence-electron chi connectivity index (χ4n) is 2.19. The number of amides is 2. The van der Waals surface area contributed by atoms with Gasteiger partial charge in [0.15, 0.2) is 0 Å². The molecule has 0 heterocycles. The topological polar surface area (TPSA) is 78.4 Å². The van der Waals surface area contributed by atoms with E-state index in [1.807, 2.05) is 39.0 Å². The van der Waals surface area contributed by atoms with E-state index in [1.165, 1.54) is 5.56 Å². The van der Waals surface area contributed by atoms with Gasteiger partial charge in [-0.05, 0) is 31.2 Å². The van der Waals surface area contributed by atoms with Crippen molar-refractivity contribution in [1.82, 2.24) is 10.6 Å². The quantitative estimate of drug-likeness (QED) is 0.691. The summed E-state index contributed by atoms with van der Waals surface area (Å²) in [5.41, 5.74) is 1.22. The standard InChI is InChI=1S/C17H26N2O3/c1-4-12(2)15(16(20)21)19-17(22)18-13(3)10-11-14-8-6-5-7-9-14/h5-9,12-13,15H,4,10-11H2,1-3H3,(H,20,21)(H2,18,19,22)/t12?,13?,15-/m0/s1. The molecule has 1 aromatic carbocycles. The lowest BCUT2D eigenvalue weighted by Gasteiger charge is -2.22. The summed E-state index contributed by atoms with van der Waals surface area (Å²) < 4.78 is 0. The van der Waals surface area contributed by atoms with Crippen LogP contribution in [0.3, 0.4) is 0 Å². The van der Waals surface area contributed by atoms with Crippen molar-refractivity contribution in [2.45, 2.75) is 52.1 Å². The Hall–Kier alpha value is -2.04. The van der Waals surface area contributed by atoms with Crippen molar-refractivity contribution >= 4 is 12.0 Å². The maximum absolute atomic E-state index is 11.9. The molecule has 0 aliphatic carbocycles. The van der Waals surface area contributed by atoms with E-state index in [1.54, 1.807) is 0 Å². The number of hydrogen-bond acceptors (Lipinski definition) is 2. The van der Waals surface area contributed by atoms with E-state index >= 15 is 0 Å². The number of aliphatic carboxylic acids is 1. The summed E-state index contributed by atoms with van der Waals surface area (Å²) in [7, 11) is 0. The molecular weight excluding hydrogens is 280 g/mol. The Labute approximate surface area is 132 Å². The molecule has 0 aromatic heterocycles. The molecule has 0 aliphatic heterocycles. The summed E-state index contributed by atoms with van der Waals surface area (Å²) >= 11 is 0. The third-order valence-electron chi connectivity index (χ3n) is 3.85. The van der Waals surface area contributed by atoms with E-state index in [2.05, 4.69) is 22.8 Å². The summed E-state index contributed by atoms with van der Waals surface area (Å²) in [4.78, 5) is 23.1. The van der Waals surface area contributed by atoms with E-state index in [0.717, 1.165) is 12.8 Å². The maximum atomic E-state index is 11.9. The van der Waals surface area contributed by atoms with Crippen LogP contribution in [0.5, 0.6) is 0 Å². The summed E-state index contributed by atoms with van der Waals surface area (Å²) in [5.74, 6) is -1.11. The summed E-state index contributed by atoms with van der Waals surface area (Å²) in [6.45, 7) is 5.64. The summed E-state index contributed by atoms with van der Waals surface area (Å²) in [6, 6.07) is 8.76. The van der Waals surface area contributed by atoms with Gasteiger partial charge in [0.1, 0.15) is 6.04 Å². The first-order valence-corrected chi connectivity index (χ1v) is 7.77. The molecule has 5 nitrogen and oxygen atoms in total. The Morgan fingerprint density at radius 1 is 1.14 bits per heavy atom. The molecule has 0 spiro atoms. The van der Waals surface area contributed by atoms with Gasteiger partial charge in [0.05, 0.1) is 0 Å². The van der Waals surface area contributed by atoms with Crippen molar-refractivity contribution in [3.8, 4) is 0 Å². The molecule has 22 heavy (non-hydrogen) atoms. The maximum Gasteiger partial charge on any atom is 0.326 e. The molecule has 0 aliphatic rings. The third-order valence-corrected chi connectivity index (χ3v) is 3.85. The van der Waals surface area contributed by atoms with Crippen LogP contribution in [0, 0.1) is 5.92 Å². The molecular formula is C17H26N2O3. The number of carboxylic acid groups (broad SMARTS) is 1. The molecule has 3 N–H and O–H groups in total. The van der Waals surface area contributed by atoms with Crippen LogP contribution in [0.1, 0.15) is 39.2 Å². The van der Waals surface area contributed by atoms with Gasteiger partial charge in [-0.2, -0.15) is 0 Å². The van der Waals surface area contributed by atoms with Crippen LogP contribution in [0.4, 0.5) is 4.79 Å². The molecule has 0 radical (unpaired) electrons. The number of carboxylic acids is 1. The van der Waals surface area contributed by atoms with Crippen LogP contribution < -0.4 is 10.6 Å². The van der Waals surface area contributed by atoms with Gasteiger partial charge in [0, 0.05) is 6.04 Å². The number of carbonyl (C=O) groups is 2. The SMILES string of the molecule is CCC(C)[C@H](NC(=O)NC(C)CCc1ccccc1)C(=O)O. The number of benzene rings is 1. The Kier molecular flexibility index (Phi) is 7.43. The van der Waals surface area contributed by atoms with Crippen LogP contribution in [0.15, 0.2) is 30.3 Å². The highest BCUT2D eigenvalue weighted by atomic mass is 16.4. The molecule has 1 rings (SSSR count). The minimum atomic E-state index is -0.999. The molecule has 1 aromatic rings. The second kappa shape index (κ2) is 9.07. The van der Waals surface area contributed by atoms with Crippen molar-refractivity contribution in [3.63, 3.8) is 0 Å². The number of carbonyl (C=O) groups excluding carboxylic acids is 1. The lowest BCUT2D eigenvalue weighted by molar-refractivity contribution is -0.140. The van der Waals surface area contributed by atoms with Crippen LogP contribution >= 0.6 is 0 Å². The number of nitrogens with one attached hydrogen (secondary N) is 2. The predicted molar refractivity (Wildman–Crippen MR) is 86.8 cm³/mol. The molecule has 2 amide bonds. The Bertz CT molecular complexity index is 476. The molecule has 5 heteroatoms. The summed E-state index contributed by atoms with van der Waals surface area (Å²) in [6.07, 6.45) is 2.37. The van der Waals surface area contributed by atoms with Gasteiger partial charge in [-0.3, -0.25) is 0 Å². The normalized spacial score (nSPS) is 14.7. The van der Waals surface area contributed by atoms with Gasteiger partial charge in [-0.15, -0.1) is 0 Å². The first-order chi connectivity index (χ1) is 10.4. The van der Waals surface area contributed by atoms with Crippen molar-refractivity contribution in [2.75, 3.05) is 0 Å². The molecule has 3 atom stereocenters. The van der Waals surface area contributed by atoms with Gasteiger partial charge in [-0.25, -0.2) is 9.59 Å². The second-order valence-corrected chi connectivity index (χ2v) is 5.74. The molecule has 0 bridgehead atoms. The molecule has 122 valence electrons. The zero-order chi connectivity index (χ0) is 16.5. The lowest BCUT2D eigenvalue weighted by atomic mass is 9.99. The van der Waals surface area contributed by atoms with Gasteiger partial charge >= 0.3 is 12.0 Å². The second-order valence-electron chi connectivity index (χ2n) is 5.74. The van der Waals surface area contributed by atoms with E-state index in [-0.39, 0.29) is 12.0 Å². The van der Waals surface area contributed by atoms with Gasteiger partial charge in [-0.1, -0.05) is 50.6 Å². The van der Waals surface area contributed by atoms with Crippen LogP contribution in [0.25, 0.3) is 0 Å². The number of urea groups is 1. The smallest absolute Gasteiger partial charge is 0.326 e. The van der Waals surface area contributed by atoms with E-state index in [9.17, 15) is 9.59 Å². The van der Waals surface area contributed by atoms with E-state index in [4.69, 9.17) is 5.11 Å². The highest BCUT2D eigenvalue weighted by Gasteiger charge is 2.25. The Morgan fingerprint density at radius 2 is 1.77 bits per heavy atom. The van der Waals surface area contributed by atoms with Crippen LogP contribution in [-0.4, -0.2) is 29.2 Å². The molecule has 2 unspecified atom stereocenters. The third kappa shape index (κ3) is 6.16. The highest BCUT2D eigenvalue weighted by molar-refractivity contribution is 5.82. The number of rotatable bonds is 8. The van der Waals surface area contributed by atoms with Gasteiger partial charge < -0.3 is 15.7 Å². The lowest BCUT2D eigenvalue weighted by Crippen LogP contribution is -2.51. The zero-order valence-corrected chi connectivity index (χ0v) is 13.5. The Balaban J connectivity index is 2.41. The van der Waals surface area contributed by atoms with Crippen molar-refractivity contribution < 1.29 is 14.7 Å². The predicted octanol–water partition coefficient (Wildman–Crippen LogP) is 2.81. The van der Waals surface area contributed by atoms with Gasteiger partial charge in [0.2, 0.25) is 0 Å². The molecule has 0 saturated heterocycles. The number of hydrogen-bond donors (Lipinski definition) is 3. The summed E-state index contributed by atoms with van der Waals surface area (Å²) in [5, 5.41) is 14.5. The van der Waals surface area contributed by atoms with Crippen LogP contribution in [0.2, 0.25) is 0 Å². The average Bonchev–Trinajstić information content (AvgIpc) is 2.50. The molecule has 0 fully saturated rings. The van der Waals surface area contributed by atoms with Crippen LogP contribution in [-0.2, 0) is 11.2 Å². The monoisotopic (exact) mass is 306 g/mol. The zero-order valence-electron chi connectivity index (χ0n) is 13.5. The fraction of sp³-hybridized carbons (Fsp3) is 0.529.